The van der Waals surface area contributed by atoms with E-state index in [9.17, 15) is 9.59 Å². The number of ketones is 1. The number of aromatic nitrogens is 4. The Bertz CT molecular complexity index is 1400. The average molecular weight is 531 g/mol. The molecule has 1 unspecified atom stereocenters. The normalized spacial score (nSPS) is 20.7. The summed E-state index contributed by atoms with van der Waals surface area (Å²) in [6.07, 6.45) is 8.87. The molecule has 0 amide bonds. The van der Waals surface area contributed by atoms with E-state index >= 15 is 0 Å². The number of hydrogen-bond acceptors (Lipinski definition) is 9. The summed E-state index contributed by atoms with van der Waals surface area (Å²) in [5.74, 6) is 1.61. The number of carbonyl (C=O) groups is 1. The molecule has 2 saturated heterocycles. The van der Waals surface area contributed by atoms with Crippen LogP contribution in [0.15, 0.2) is 29.3 Å². The molecular formula is C29H38N8O2. The smallest absolute Gasteiger partial charge is 0.263 e. The number of nitrogens with zero attached hydrogens (tertiary/aromatic N) is 6. The summed E-state index contributed by atoms with van der Waals surface area (Å²) in [6.45, 7) is 10.9. The van der Waals surface area contributed by atoms with Gasteiger partial charge in [0.15, 0.2) is 5.78 Å². The number of pyridine rings is 2. The Labute approximate surface area is 228 Å². The molecule has 2 N–H and O–H groups in total. The maximum absolute atomic E-state index is 13.4. The SMILES string of the molecule is CC(=O)c1c(C)c2cnc(Nc3ccc(N4CCN(CC5CCNC5)CC4)cn3)nc2n(C2CCCC2)c1=O. The Morgan fingerprint density at radius 2 is 1.87 bits per heavy atom. The first-order valence-electron chi connectivity index (χ1n) is 14.3. The van der Waals surface area contributed by atoms with Crippen molar-refractivity contribution in [2.75, 3.05) is 56.0 Å². The van der Waals surface area contributed by atoms with Crippen LogP contribution < -0.4 is 21.1 Å². The molecule has 1 atom stereocenters. The van der Waals surface area contributed by atoms with Gasteiger partial charge in [-0.15, -0.1) is 0 Å². The number of Topliss-reactive ketones (excluding diaryl/α,β-unsaturated/α-hetero) is 1. The molecule has 10 nitrogen and oxygen atoms in total. The number of nitrogens with one attached hydrogen (secondary N) is 2. The Hall–Kier alpha value is -3.37. The van der Waals surface area contributed by atoms with Crippen molar-refractivity contribution in [3.05, 3.63) is 46.0 Å². The van der Waals surface area contributed by atoms with Gasteiger partial charge in [0.05, 0.1) is 17.4 Å². The summed E-state index contributed by atoms with van der Waals surface area (Å²) >= 11 is 0. The van der Waals surface area contributed by atoms with Crippen molar-refractivity contribution in [3.8, 4) is 0 Å². The highest BCUT2D eigenvalue weighted by Gasteiger charge is 2.26. The van der Waals surface area contributed by atoms with Crippen molar-refractivity contribution in [1.82, 2.24) is 29.7 Å². The molecule has 3 aliphatic rings. The van der Waals surface area contributed by atoms with Crippen molar-refractivity contribution in [2.45, 2.75) is 52.0 Å². The van der Waals surface area contributed by atoms with Crippen LogP contribution in [0.1, 0.15) is 61.0 Å². The number of aryl methyl sites for hydroxylation is 1. The van der Waals surface area contributed by atoms with Gasteiger partial charge in [0.1, 0.15) is 11.5 Å². The van der Waals surface area contributed by atoms with E-state index < -0.39 is 0 Å². The van der Waals surface area contributed by atoms with Gasteiger partial charge >= 0.3 is 0 Å². The van der Waals surface area contributed by atoms with Gasteiger partial charge in [-0.25, -0.2) is 9.97 Å². The van der Waals surface area contributed by atoms with E-state index in [2.05, 4.69) is 36.5 Å². The highest BCUT2D eigenvalue weighted by molar-refractivity contribution is 5.99. The van der Waals surface area contributed by atoms with Crippen LogP contribution in [0.5, 0.6) is 0 Å². The molecule has 1 aliphatic carbocycles. The second kappa shape index (κ2) is 11.0. The number of rotatable bonds is 7. The third-order valence-corrected chi connectivity index (χ3v) is 8.65. The predicted molar refractivity (Wildman–Crippen MR) is 153 cm³/mol. The van der Waals surface area contributed by atoms with Gasteiger partial charge < -0.3 is 15.5 Å². The summed E-state index contributed by atoms with van der Waals surface area (Å²) in [5.41, 5.74) is 2.34. The second-order valence-electron chi connectivity index (χ2n) is 11.3. The molecule has 3 fully saturated rings. The predicted octanol–water partition coefficient (Wildman–Crippen LogP) is 3.29. The molecule has 10 heteroatoms. The lowest BCUT2D eigenvalue weighted by Gasteiger charge is -2.37. The third kappa shape index (κ3) is 5.27. The number of fused-ring (bicyclic) bond motifs is 1. The van der Waals surface area contributed by atoms with Crippen molar-refractivity contribution >= 4 is 34.3 Å². The Morgan fingerprint density at radius 1 is 1.08 bits per heavy atom. The van der Waals surface area contributed by atoms with Crippen molar-refractivity contribution in [3.63, 3.8) is 0 Å². The highest BCUT2D eigenvalue weighted by Crippen LogP contribution is 2.32. The first kappa shape index (κ1) is 25.9. The molecule has 5 heterocycles. The maximum Gasteiger partial charge on any atom is 0.263 e. The molecule has 2 aliphatic heterocycles. The first-order chi connectivity index (χ1) is 19.0. The largest absolute Gasteiger partial charge is 0.368 e. The first-order valence-corrected chi connectivity index (χ1v) is 14.3. The molecular weight excluding hydrogens is 492 g/mol. The van der Waals surface area contributed by atoms with E-state index in [0.29, 0.717) is 23.0 Å². The van der Waals surface area contributed by atoms with Crippen molar-refractivity contribution < 1.29 is 4.79 Å². The van der Waals surface area contributed by atoms with Crippen molar-refractivity contribution in [2.24, 2.45) is 5.92 Å². The lowest BCUT2D eigenvalue weighted by atomic mass is 10.0. The Morgan fingerprint density at radius 3 is 2.54 bits per heavy atom. The number of hydrogen-bond donors (Lipinski definition) is 2. The summed E-state index contributed by atoms with van der Waals surface area (Å²) in [4.78, 5) is 44.7. The zero-order valence-corrected chi connectivity index (χ0v) is 22.9. The quantitative estimate of drug-likeness (QED) is 0.445. The van der Waals surface area contributed by atoms with E-state index in [0.717, 1.165) is 81.9 Å². The fraction of sp³-hybridized carbons (Fsp3) is 0.552. The summed E-state index contributed by atoms with van der Waals surface area (Å²) in [7, 11) is 0. The molecule has 206 valence electrons. The van der Waals surface area contributed by atoms with Crippen LogP contribution in [0.3, 0.4) is 0 Å². The van der Waals surface area contributed by atoms with Gasteiger partial charge in [0, 0.05) is 50.3 Å². The monoisotopic (exact) mass is 530 g/mol. The zero-order chi connectivity index (χ0) is 26.9. The van der Waals surface area contributed by atoms with Crippen LogP contribution in [0.25, 0.3) is 11.0 Å². The van der Waals surface area contributed by atoms with E-state index in [-0.39, 0.29) is 22.9 Å². The van der Waals surface area contributed by atoms with E-state index in [1.165, 1.54) is 19.9 Å². The minimum atomic E-state index is -0.244. The summed E-state index contributed by atoms with van der Waals surface area (Å²) in [5, 5.41) is 7.43. The fourth-order valence-corrected chi connectivity index (χ4v) is 6.49. The molecule has 0 aromatic carbocycles. The molecule has 1 saturated carbocycles. The lowest BCUT2D eigenvalue weighted by Crippen LogP contribution is -2.48. The van der Waals surface area contributed by atoms with Crippen LogP contribution >= 0.6 is 0 Å². The second-order valence-corrected chi connectivity index (χ2v) is 11.3. The van der Waals surface area contributed by atoms with Gasteiger partial charge in [0.25, 0.3) is 5.56 Å². The number of carbonyl (C=O) groups excluding carboxylic acids is 1. The van der Waals surface area contributed by atoms with Crippen LogP contribution in [0, 0.1) is 12.8 Å². The standard InChI is InChI=1S/C29H38N8O2/c1-19-24-17-32-29(34-27(24)37(22-5-3-4-6-22)28(39)26(19)20(2)38)33-25-8-7-23(16-31-25)36-13-11-35(12-14-36)18-21-9-10-30-15-21/h7-8,16-17,21-22,30H,3-6,9-15,18H2,1-2H3,(H,31,32,33,34). The minimum absolute atomic E-state index is 0.0501. The molecule has 39 heavy (non-hydrogen) atoms. The molecule has 0 spiro atoms. The van der Waals surface area contributed by atoms with Gasteiger partial charge in [-0.05, 0) is 69.8 Å². The Kier molecular flexibility index (Phi) is 7.31. The zero-order valence-electron chi connectivity index (χ0n) is 22.9. The van der Waals surface area contributed by atoms with E-state index in [1.54, 1.807) is 10.8 Å². The Balaban J connectivity index is 1.19. The molecule has 0 radical (unpaired) electrons. The summed E-state index contributed by atoms with van der Waals surface area (Å²) in [6, 6.07) is 4.09. The van der Waals surface area contributed by atoms with Crippen LogP contribution in [-0.4, -0.2) is 76.0 Å². The van der Waals surface area contributed by atoms with Gasteiger partial charge in [0.2, 0.25) is 5.95 Å². The van der Waals surface area contributed by atoms with Crippen LogP contribution in [0.2, 0.25) is 0 Å². The highest BCUT2D eigenvalue weighted by atomic mass is 16.1. The number of anilines is 3. The minimum Gasteiger partial charge on any atom is -0.368 e. The number of piperazine rings is 1. The third-order valence-electron chi connectivity index (χ3n) is 8.65. The lowest BCUT2D eigenvalue weighted by molar-refractivity contribution is 0.101. The van der Waals surface area contributed by atoms with Crippen molar-refractivity contribution in [1.29, 1.82) is 0 Å². The van der Waals surface area contributed by atoms with Gasteiger partial charge in [-0.2, -0.15) is 4.98 Å². The maximum atomic E-state index is 13.4. The fourth-order valence-electron chi connectivity index (χ4n) is 6.49. The van der Waals surface area contributed by atoms with Crippen LogP contribution in [-0.2, 0) is 0 Å². The van der Waals surface area contributed by atoms with E-state index in [1.807, 2.05) is 19.2 Å². The molecule has 3 aromatic rings. The average Bonchev–Trinajstić information content (AvgIpc) is 3.65. The van der Waals surface area contributed by atoms with E-state index in [4.69, 9.17) is 4.98 Å². The van der Waals surface area contributed by atoms with Crippen LogP contribution in [0.4, 0.5) is 17.5 Å². The topological polar surface area (TPSA) is 108 Å². The van der Waals surface area contributed by atoms with Gasteiger partial charge in [-0.3, -0.25) is 19.1 Å². The van der Waals surface area contributed by atoms with Gasteiger partial charge in [-0.1, -0.05) is 12.8 Å². The molecule has 6 rings (SSSR count). The molecule has 0 bridgehead atoms. The molecule has 3 aromatic heterocycles. The summed E-state index contributed by atoms with van der Waals surface area (Å²) < 4.78 is 1.73.